The number of hydrogen-bond acceptors (Lipinski definition) is 4. The largest absolute Gasteiger partial charge is 0.476 e. The summed E-state index contributed by atoms with van der Waals surface area (Å²) in [6.07, 6.45) is 0. The predicted molar refractivity (Wildman–Crippen MR) is 63.5 cm³/mol. The Balaban J connectivity index is 2.89. The second-order valence-corrected chi connectivity index (χ2v) is 4.05. The number of carboxylic acid groups (broad SMARTS) is 2. The van der Waals surface area contributed by atoms with Crippen molar-refractivity contribution in [3.8, 4) is 0 Å². The quantitative estimate of drug-likeness (QED) is 0.879. The zero-order chi connectivity index (χ0) is 13.4. The third kappa shape index (κ3) is 1.96. The average molecular weight is 287 g/mol. The van der Waals surface area contributed by atoms with Crippen molar-refractivity contribution >= 4 is 46.2 Å². The van der Waals surface area contributed by atoms with Crippen LogP contribution in [0.2, 0.25) is 10.0 Å². The number of aromatic nitrogens is 2. The van der Waals surface area contributed by atoms with Gasteiger partial charge in [0.05, 0.1) is 15.6 Å². The maximum atomic E-state index is 10.9. The maximum Gasteiger partial charge on any atom is 0.357 e. The Morgan fingerprint density at radius 3 is 2.11 bits per heavy atom. The SMILES string of the molecule is O=C(O)c1nc2ccc(Cl)c(Cl)c2nc1C(=O)O. The lowest BCUT2D eigenvalue weighted by molar-refractivity contribution is 0.0642. The first-order chi connectivity index (χ1) is 8.41. The molecule has 0 saturated heterocycles. The van der Waals surface area contributed by atoms with Gasteiger partial charge in [-0.05, 0) is 12.1 Å². The molecule has 0 aliphatic carbocycles. The van der Waals surface area contributed by atoms with Crippen LogP contribution in [0.25, 0.3) is 11.0 Å². The lowest BCUT2D eigenvalue weighted by Gasteiger charge is -2.05. The molecule has 6 nitrogen and oxygen atoms in total. The molecular formula is C10H4Cl2N2O4. The number of carbonyl (C=O) groups is 2. The number of halogens is 2. The minimum atomic E-state index is -1.50. The predicted octanol–water partition coefficient (Wildman–Crippen LogP) is 2.33. The van der Waals surface area contributed by atoms with Gasteiger partial charge in [-0.25, -0.2) is 19.6 Å². The topological polar surface area (TPSA) is 100 Å². The maximum absolute atomic E-state index is 10.9. The molecule has 2 aromatic rings. The monoisotopic (exact) mass is 286 g/mol. The highest BCUT2D eigenvalue weighted by Crippen LogP contribution is 2.29. The third-order valence-corrected chi connectivity index (χ3v) is 2.93. The van der Waals surface area contributed by atoms with Gasteiger partial charge in [-0.15, -0.1) is 0 Å². The van der Waals surface area contributed by atoms with Gasteiger partial charge >= 0.3 is 11.9 Å². The summed E-state index contributed by atoms with van der Waals surface area (Å²) < 4.78 is 0. The Morgan fingerprint density at radius 2 is 1.56 bits per heavy atom. The van der Waals surface area contributed by atoms with Gasteiger partial charge in [0, 0.05) is 0 Å². The van der Waals surface area contributed by atoms with E-state index in [1.807, 2.05) is 0 Å². The molecule has 92 valence electrons. The van der Waals surface area contributed by atoms with E-state index in [2.05, 4.69) is 9.97 Å². The van der Waals surface area contributed by atoms with Crippen molar-refractivity contribution in [2.45, 2.75) is 0 Å². The van der Waals surface area contributed by atoms with Gasteiger partial charge in [0.25, 0.3) is 0 Å². The van der Waals surface area contributed by atoms with Crippen molar-refractivity contribution in [1.82, 2.24) is 9.97 Å². The highest BCUT2D eigenvalue weighted by molar-refractivity contribution is 6.44. The lowest BCUT2D eigenvalue weighted by atomic mass is 10.2. The molecule has 1 heterocycles. The van der Waals surface area contributed by atoms with Gasteiger partial charge < -0.3 is 10.2 Å². The van der Waals surface area contributed by atoms with Crippen LogP contribution in [0.15, 0.2) is 12.1 Å². The standard InChI is InChI=1S/C10H4Cl2N2O4/c11-3-1-2-4-6(5(3)12)14-8(10(17)18)7(13-4)9(15)16/h1-2H,(H,15,16)(H,17,18). The van der Waals surface area contributed by atoms with E-state index in [9.17, 15) is 9.59 Å². The summed E-state index contributed by atoms with van der Waals surface area (Å²) in [4.78, 5) is 29.2. The van der Waals surface area contributed by atoms with Gasteiger partial charge in [-0.3, -0.25) is 0 Å². The summed E-state index contributed by atoms with van der Waals surface area (Å²) in [5.74, 6) is -2.98. The van der Waals surface area contributed by atoms with E-state index in [0.29, 0.717) is 0 Å². The Morgan fingerprint density at radius 1 is 1.00 bits per heavy atom. The summed E-state index contributed by atoms with van der Waals surface area (Å²) in [6, 6.07) is 2.83. The Kier molecular flexibility index (Phi) is 3.06. The summed E-state index contributed by atoms with van der Waals surface area (Å²) in [5.41, 5.74) is -1.12. The summed E-state index contributed by atoms with van der Waals surface area (Å²) in [5, 5.41) is 18.0. The van der Waals surface area contributed by atoms with Crippen LogP contribution in [-0.2, 0) is 0 Å². The molecule has 0 unspecified atom stereocenters. The molecular weight excluding hydrogens is 283 g/mol. The number of aromatic carboxylic acids is 2. The van der Waals surface area contributed by atoms with Crippen molar-refractivity contribution < 1.29 is 19.8 Å². The summed E-state index contributed by atoms with van der Waals surface area (Å²) >= 11 is 11.6. The average Bonchev–Trinajstić information content (AvgIpc) is 2.32. The van der Waals surface area contributed by atoms with E-state index in [1.165, 1.54) is 12.1 Å². The molecule has 0 saturated carbocycles. The van der Waals surface area contributed by atoms with Crippen LogP contribution in [0.3, 0.4) is 0 Å². The minimum Gasteiger partial charge on any atom is -0.476 e. The molecule has 2 N–H and O–H groups in total. The first kappa shape index (κ1) is 12.5. The zero-order valence-corrected chi connectivity index (χ0v) is 10.0. The molecule has 2 rings (SSSR count). The van der Waals surface area contributed by atoms with Crippen molar-refractivity contribution in [1.29, 1.82) is 0 Å². The van der Waals surface area contributed by atoms with Gasteiger partial charge in [-0.1, -0.05) is 23.2 Å². The van der Waals surface area contributed by atoms with E-state index in [4.69, 9.17) is 33.4 Å². The Hall–Kier alpha value is -1.92. The first-order valence-corrected chi connectivity index (χ1v) is 5.29. The number of hydrogen-bond donors (Lipinski definition) is 2. The molecule has 1 aromatic carbocycles. The van der Waals surface area contributed by atoms with Crippen molar-refractivity contribution in [2.75, 3.05) is 0 Å². The normalized spacial score (nSPS) is 10.6. The smallest absolute Gasteiger partial charge is 0.357 e. The molecule has 8 heteroatoms. The van der Waals surface area contributed by atoms with Gasteiger partial charge in [0.2, 0.25) is 0 Å². The summed E-state index contributed by atoms with van der Waals surface area (Å²) in [7, 11) is 0. The van der Waals surface area contributed by atoms with E-state index in [-0.39, 0.29) is 21.1 Å². The van der Waals surface area contributed by atoms with Crippen LogP contribution in [0.1, 0.15) is 21.0 Å². The zero-order valence-electron chi connectivity index (χ0n) is 8.52. The molecule has 0 spiro atoms. The van der Waals surface area contributed by atoms with Crippen molar-refractivity contribution in [3.63, 3.8) is 0 Å². The second kappa shape index (κ2) is 4.40. The first-order valence-electron chi connectivity index (χ1n) is 4.54. The van der Waals surface area contributed by atoms with Crippen LogP contribution < -0.4 is 0 Å². The number of fused-ring (bicyclic) bond motifs is 1. The Labute approximate surface area is 110 Å². The molecule has 0 aliphatic heterocycles. The van der Waals surface area contributed by atoms with Crippen LogP contribution in [0, 0.1) is 0 Å². The highest BCUT2D eigenvalue weighted by Gasteiger charge is 2.22. The molecule has 0 bridgehead atoms. The third-order valence-electron chi connectivity index (χ3n) is 2.13. The minimum absolute atomic E-state index is 0.0288. The number of rotatable bonds is 2. The second-order valence-electron chi connectivity index (χ2n) is 3.26. The molecule has 1 aromatic heterocycles. The van der Waals surface area contributed by atoms with Gasteiger partial charge in [-0.2, -0.15) is 0 Å². The Bertz CT molecular complexity index is 687. The van der Waals surface area contributed by atoms with Crippen LogP contribution >= 0.6 is 23.2 Å². The number of nitrogens with zero attached hydrogens (tertiary/aromatic N) is 2. The van der Waals surface area contributed by atoms with E-state index >= 15 is 0 Å². The molecule has 0 radical (unpaired) electrons. The van der Waals surface area contributed by atoms with E-state index in [0.717, 1.165) is 0 Å². The molecule has 0 fully saturated rings. The molecule has 0 atom stereocenters. The molecule has 0 amide bonds. The van der Waals surface area contributed by atoms with Crippen molar-refractivity contribution in [2.24, 2.45) is 0 Å². The van der Waals surface area contributed by atoms with Gasteiger partial charge in [0.15, 0.2) is 11.4 Å². The lowest BCUT2D eigenvalue weighted by Crippen LogP contribution is -2.13. The fourth-order valence-electron chi connectivity index (χ4n) is 1.36. The number of carboxylic acids is 2. The van der Waals surface area contributed by atoms with Crippen LogP contribution in [-0.4, -0.2) is 32.1 Å². The van der Waals surface area contributed by atoms with E-state index in [1.54, 1.807) is 0 Å². The van der Waals surface area contributed by atoms with E-state index < -0.39 is 23.3 Å². The van der Waals surface area contributed by atoms with Crippen molar-refractivity contribution in [3.05, 3.63) is 33.6 Å². The highest BCUT2D eigenvalue weighted by atomic mass is 35.5. The fraction of sp³-hybridized carbons (Fsp3) is 0. The van der Waals surface area contributed by atoms with Crippen LogP contribution in [0.5, 0.6) is 0 Å². The number of benzene rings is 1. The molecule has 0 aliphatic rings. The van der Waals surface area contributed by atoms with Gasteiger partial charge in [0.1, 0.15) is 5.52 Å². The van der Waals surface area contributed by atoms with Crippen LogP contribution in [0.4, 0.5) is 0 Å². The summed E-state index contributed by atoms with van der Waals surface area (Å²) in [6.45, 7) is 0. The molecule has 18 heavy (non-hydrogen) atoms. The fourth-order valence-corrected chi connectivity index (χ4v) is 1.72.